The molecule has 2 aromatic rings. The van der Waals surface area contributed by atoms with E-state index in [1.807, 2.05) is 0 Å². The second-order valence-electron chi connectivity index (χ2n) is 4.34. The van der Waals surface area contributed by atoms with Crippen molar-refractivity contribution >= 4 is 40.6 Å². The van der Waals surface area contributed by atoms with Crippen LogP contribution in [0.15, 0.2) is 36.4 Å². The van der Waals surface area contributed by atoms with E-state index in [1.165, 1.54) is 13.0 Å². The molecule has 108 valence electrons. The van der Waals surface area contributed by atoms with Crippen LogP contribution < -0.4 is 5.32 Å². The summed E-state index contributed by atoms with van der Waals surface area (Å²) in [5.74, 6) is -1.58. The number of benzene rings is 2. The first-order valence-electron chi connectivity index (χ1n) is 5.95. The van der Waals surface area contributed by atoms with Gasteiger partial charge in [-0.3, -0.25) is 9.59 Å². The van der Waals surface area contributed by atoms with Gasteiger partial charge in [-0.2, -0.15) is 0 Å². The van der Waals surface area contributed by atoms with Crippen LogP contribution in [0.1, 0.15) is 27.6 Å². The van der Waals surface area contributed by atoms with E-state index in [2.05, 4.69) is 5.32 Å². The van der Waals surface area contributed by atoms with E-state index in [9.17, 15) is 14.0 Å². The van der Waals surface area contributed by atoms with E-state index in [-0.39, 0.29) is 21.4 Å². The molecule has 0 aliphatic carbocycles. The number of halogens is 3. The number of carbonyl (C=O) groups is 2. The Hall–Kier alpha value is -1.91. The number of rotatable bonds is 3. The maximum atomic E-state index is 13.7. The van der Waals surface area contributed by atoms with Crippen molar-refractivity contribution < 1.29 is 14.0 Å². The summed E-state index contributed by atoms with van der Waals surface area (Å²) in [7, 11) is 0. The average molecular weight is 326 g/mol. The standard InChI is InChI=1S/C15H10Cl2FNO2/c1-8(20)9-3-2-4-10(5-9)19-15(21)11-6-12(16)13(17)7-14(11)18/h2-7H,1H3,(H,19,21). The fourth-order valence-electron chi connectivity index (χ4n) is 1.71. The topological polar surface area (TPSA) is 46.2 Å². The molecule has 0 atom stereocenters. The number of Topliss-reactive ketones (excluding diaryl/α,β-unsaturated/α-hetero) is 1. The third kappa shape index (κ3) is 3.60. The summed E-state index contributed by atoms with van der Waals surface area (Å²) >= 11 is 11.4. The Morgan fingerprint density at radius 2 is 1.76 bits per heavy atom. The summed E-state index contributed by atoms with van der Waals surface area (Å²) in [6.45, 7) is 1.42. The Kier molecular flexibility index (Phi) is 4.60. The summed E-state index contributed by atoms with van der Waals surface area (Å²) in [5, 5.41) is 2.62. The van der Waals surface area contributed by atoms with Gasteiger partial charge < -0.3 is 5.32 Å². The van der Waals surface area contributed by atoms with Gasteiger partial charge in [-0.25, -0.2) is 4.39 Å². The highest BCUT2D eigenvalue weighted by Crippen LogP contribution is 2.25. The fourth-order valence-corrected chi connectivity index (χ4v) is 2.02. The lowest BCUT2D eigenvalue weighted by atomic mass is 10.1. The molecule has 6 heteroatoms. The Morgan fingerprint density at radius 3 is 2.43 bits per heavy atom. The van der Waals surface area contributed by atoms with Crippen LogP contribution in [-0.4, -0.2) is 11.7 Å². The van der Waals surface area contributed by atoms with Gasteiger partial charge in [0.25, 0.3) is 5.91 Å². The van der Waals surface area contributed by atoms with Crippen LogP contribution in [-0.2, 0) is 0 Å². The first-order valence-corrected chi connectivity index (χ1v) is 6.71. The highest BCUT2D eigenvalue weighted by Gasteiger charge is 2.15. The summed E-state index contributed by atoms with van der Waals surface area (Å²) < 4.78 is 13.7. The number of ketones is 1. The van der Waals surface area contributed by atoms with Crippen LogP contribution in [0.3, 0.4) is 0 Å². The van der Waals surface area contributed by atoms with Crippen LogP contribution in [0.2, 0.25) is 10.0 Å². The molecule has 0 bridgehead atoms. The minimum atomic E-state index is -0.773. The van der Waals surface area contributed by atoms with Crippen molar-refractivity contribution in [1.29, 1.82) is 0 Å². The molecule has 0 spiro atoms. The van der Waals surface area contributed by atoms with Gasteiger partial charge in [-0.1, -0.05) is 35.3 Å². The molecule has 3 nitrogen and oxygen atoms in total. The van der Waals surface area contributed by atoms with Gasteiger partial charge >= 0.3 is 0 Å². The van der Waals surface area contributed by atoms with Crippen molar-refractivity contribution in [2.75, 3.05) is 5.32 Å². The van der Waals surface area contributed by atoms with Gasteiger partial charge in [-0.15, -0.1) is 0 Å². The molecule has 0 aliphatic rings. The van der Waals surface area contributed by atoms with E-state index >= 15 is 0 Å². The van der Waals surface area contributed by atoms with E-state index in [0.717, 1.165) is 12.1 Å². The molecular weight excluding hydrogens is 316 g/mol. The van der Waals surface area contributed by atoms with E-state index in [4.69, 9.17) is 23.2 Å². The summed E-state index contributed by atoms with van der Waals surface area (Å²) in [6, 6.07) is 8.49. The van der Waals surface area contributed by atoms with Gasteiger partial charge in [0, 0.05) is 11.3 Å². The first kappa shape index (κ1) is 15.5. The zero-order valence-corrected chi connectivity index (χ0v) is 12.4. The molecule has 0 fully saturated rings. The quantitative estimate of drug-likeness (QED) is 0.662. The minimum Gasteiger partial charge on any atom is -0.322 e. The van der Waals surface area contributed by atoms with Gasteiger partial charge in [0.15, 0.2) is 5.78 Å². The van der Waals surface area contributed by atoms with Crippen LogP contribution in [0.4, 0.5) is 10.1 Å². The minimum absolute atomic E-state index is 0.0318. The van der Waals surface area contributed by atoms with Crippen LogP contribution in [0.5, 0.6) is 0 Å². The molecule has 0 radical (unpaired) electrons. The smallest absolute Gasteiger partial charge is 0.258 e. The average Bonchev–Trinajstić information content (AvgIpc) is 2.43. The van der Waals surface area contributed by atoms with Crippen molar-refractivity contribution in [1.82, 2.24) is 0 Å². The van der Waals surface area contributed by atoms with Gasteiger partial charge in [-0.05, 0) is 31.2 Å². The lowest BCUT2D eigenvalue weighted by Gasteiger charge is -2.08. The largest absolute Gasteiger partial charge is 0.322 e. The molecule has 1 N–H and O–H groups in total. The molecule has 0 aromatic heterocycles. The molecule has 0 unspecified atom stereocenters. The number of amides is 1. The number of hydrogen-bond donors (Lipinski definition) is 1. The number of anilines is 1. The van der Waals surface area contributed by atoms with Crippen LogP contribution >= 0.6 is 23.2 Å². The zero-order valence-electron chi connectivity index (χ0n) is 10.9. The van der Waals surface area contributed by atoms with Gasteiger partial charge in [0.05, 0.1) is 15.6 Å². The highest BCUT2D eigenvalue weighted by molar-refractivity contribution is 6.42. The fraction of sp³-hybridized carbons (Fsp3) is 0.0667. The number of carbonyl (C=O) groups excluding carboxylic acids is 2. The van der Waals surface area contributed by atoms with Crippen LogP contribution in [0.25, 0.3) is 0 Å². The molecule has 0 saturated carbocycles. The zero-order chi connectivity index (χ0) is 15.6. The van der Waals surface area contributed by atoms with Crippen molar-refractivity contribution in [3.8, 4) is 0 Å². The first-order chi connectivity index (χ1) is 9.88. The Balaban J connectivity index is 2.28. The lowest BCUT2D eigenvalue weighted by Crippen LogP contribution is -2.14. The summed E-state index contributed by atoms with van der Waals surface area (Å²) in [5.41, 5.74) is 0.609. The van der Waals surface area contributed by atoms with E-state index < -0.39 is 11.7 Å². The molecule has 0 aliphatic heterocycles. The summed E-state index contributed by atoms with van der Waals surface area (Å²) in [6.07, 6.45) is 0. The number of nitrogens with one attached hydrogen (secondary N) is 1. The second-order valence-corrected chi connectivity index (χ2v) is 5.15. The lowest BCUT2D eigenvalue weighted by molar-refractivity contribution is 0.100. The predicted octanol–water partition coefficient (Wildman–Crippen LogP) is 4.59. The molecule has 0 heterocycles. The maximum Gasteiger partial charge on any atom is 0.258 e. The van der Waals surface area contributed by atoms with E-state index in [0.29, 0.717) is 11.3 Å². The molecule has 1 amide bonds. The van der Waals surface area contributed by atoms with Crippen LogP contribution in [0, 0.1) is 5.82 Å². The summed E-state index contributed by atoms with van der Waals surface area (Å²) in [4.78, 5) is 23.3. The molecule has 2 rings (SSSR count). The van der Waals surface area contributed by atoms with Crippen molar-refractivity contribution in [2.24, 2.45) is 0 Å². The number of hydrogen-bond acceptors (Lipinski definition) is 2. The normalized spacial score (nSPS) is 10.3. The molecule has 21 heavy (non-hydrogen) atoms. The van der Waals surface area contributed by atoms with Crippen molar-refractivity contribution in [3.05, 3.63) is 63.4 Å². The molecule has 2 aromatic carbocycles. The van der Waals surface area contributed by atoms with E-state index in [1.54, 1.807) is 18.2 Å². The third-order valence-electron chi connectivity index (χ3n) is 2.78. The third-order valence-corrected chi connectivity index (χ3v) is 3.50. The second kappa shape index (κ2) is 6.24. The Labute approximate surface area is 130 Å². The Morgan fingerprint density at radius 1 is 1.10 bits per heavy atom. The molecule has 0 saturated heterocycles. The highest BCUT2D eigenvalue weighted by atomic mass is 35.5. The SMILES string of the molecule is CC(=O)c1cccc(NC(=O)c2cc(Cl)c(Cl)cc2F)c1. The maximum absolute atomic E-state index is 13.7. The predicted molar refractivity (Wildman–Crippen MR) is 80.8 cm³/mol. The van der Waals surface area contributed by atoms with Crippen molar-refractivity contribution in [3.63, 3.8) is 0 Å². The molecular formula is C15H10Cl2FNO2. The van der Waals surface area contributed by atoms with Gasteiger partial charge in [0.2, 0.25) is 0 Å². The van der Waals surface area contributed by atoms with Gasteiger partial charge in [0.1, 0.15) is 5.82 Å². The van der Waals surface area contributed by atoms with Crippen molar-refractivity contribution in [2.45, 2.75) is 6.92 Å². The Bertz CT molecular complexity index is 732. The monoisotopic (exact) mass is 325 g/mol.